The number of rotatable bonds is 5. The Kier molecular flexibility index (Phi) is 5.36. The molecule has 3 aliphatic rings. The van der Waals surface area contributed by atoms with Crippen LogP contribution in [-0.2, 0) is 0 Å². The first-order chi connectivity index (χ1) is 17.4. The van der Waals surface area contributed by atoms with Gasteiger partial charge in [-0.3, -0.25) is 9.98 Å². The minimum Gasteiger partial charge on any atom is -0.507 e. The first-order valence-corrected chi connectivity index (χ1v) is 12.9. The van der Waals surface area contributed by atoms with Crippen molar-refractivity contribution in [2.24, 2.45) is 27.2 Å². The van der Waals surface area contributed by atoms with Gasteiger partial charge in [0.2, 0.25) is 0 Å². The topological polar surface area (TPSA) is 65.2 Å². The summed E-state index contributed by atoms with van der Waals surface area (Å²) >= 11 is 0. The maximum atomic E-state index is 10.9. The van der Waals surface area contributed by atoms with E-state index in [2.05, 4.69) is 13.8 Å². The van der Waals surface area contributed by atoms with E-state index >= 15 is 0 Å². The summed E-state index contributed by atoms with van der Waals surface area (Å²) in [6, 6.07) is 23.6. The third-order valence-electron chi connectivity index (χ3n) is 8.96. The minimum absolute atomic E-state index is 0.224. The van der Waals surface area contributed by atoms with Gasteiger partial charge in [0.05, 0.1) is 12.1 Å². The van der Waals surface area contributed by atoms with E-state index < -0.39 is 0 Å². The quantitative estimate of drug-likeness (QED) is 0.301. The van der Waals surface area contributed by atoms with Crippen molar-refractivity contribution in [3.8, 4) is 11.5 Å². The van der Waals surface area contributed by atoms with E-state index in [-0.39, 0.29) is 22.5 Å². The molecule has 4 aromatic rings. The molecule has 3 aliphatic carbocycles. The molecule has 2 N–H and O–H groups in total. The summed E-state index contributed by atoms with van der Waals surface area (Å²) in [5.74, 6) is 1.72. The molecule has 7 rings (SSSR count). The summed E-state index contributed by atoms with van der Waals surface area (Å²) in [5, 5.41) is 25.5. The van der Waals surface area contributed by atoms with Gasteiger partial charge in [0.25, 0.3) is 0 Å². The number of aliphatic imine (C=N–C) groups is 2. The van der Waals surface area contributed by atoms with Crippen molar-refractivity contribution in [3.63, 3.8) is 0 Å². The predicted octanol–water partition coefficient (Wildman–Crippen LogP) is 7.14. The van der Waals surface area contributed by atoms with Crippen molar-refractivity contribution >= 4 is 34.0 Å². The molecule has 3 saturated carbocycles. The van der Waals surface area contributed by atoms with E-state index in [0.717, 1.165) is 51.4 Å². The van der Waals surface area contributed by atoms with E-state index in [1.807, 2.05) is 79.0 Å². The maximum absolute atomic E-state index is 10.9. The second kappa shape index (κ2) is 8.48. The molecule has 0 aliphatic heterocycles. The molecule has 0 amide bonds. The zero-order chi connectivity index (χ0) is 24.9. The molecule has 0 saturated heterocycles. The summed E-state index contributed by atoms with van der Waals surface area (Å²) in [5.41, 5.74) is 1.37. The molecule has 0 spiro atoms. The normalized spacial score (nSPS) is 25.1. The standard InChI is InChI=1S/C32H32N2O2/c1-31(2)25-15-16-32(28(31)17-25,34-19-24-14-12-22-8-4-6-10-27(22)30(24)36)20-33-18-23-13-11-21-7-3-5-9-26(21)29(23)35/h3-14,18-19,25,28,35-36H,15-17,20H2,1-2H3/t25-,28+,32+/m0/s1. The number of hydrogen-bond acceptors (Lipinski definition) is 4. The zero-order valence-electron chi connectivity index (χ0n) is 20.9. The smallest absolute Gasteiger partial charge is 0.132 e. The average molecular weight is 477 g/mol. The van der Waals surface area contributed by atoms with Crippen LogP contribution in [0.1, 0.15) is 44.2 Å². The van der Waals surface area contributed by atoms with Crippen molar-refractivity contribution in [2.75, 3.05) is 6.54 Å². The third kappa shape index (κ3) is 3.59. The van der Waals surface area contributed by atoms with E-state index in [0.29, 0.717) is 12.5 Å². The highest BCUT2D eigenvalue weighted by molar-refractivity contribution is 5.98. The van der Waals surface area contributed by atoms with Crippen LogP contribution in [0.15, 0.2) is 82.8 Å². The van der Waals surface area contributed by atoms with Crippen LogP contribution in [0.25, 0.3) is 21.5 Å². The van der Waals surface area contributed by atoms with Gasteiger partial charge in [-0.1, -0.05) is 74.5 Å². The Bertz CT molecular complexity index is 1520. The zero-order valence-corrected chi connectivity index (χ0v) is 20.9. The van der Waals surface area contributed by atoms with Gasteiger partial charge in [0.15, 0.2) is 0 Å². The van der Waals surface area contributed by atoms with Gasteiger partial charge < -0.3 is 10.2 Å². The van der Waals surface area contributed by atoms with Crippen molar-refractivity contribution in [1.29, 1.82) is 0 Å². The third-order valence-corrected chi connectivity index (χ3v) is 8.96. The summed E-state index contributed by atoms with van der Waals surface area (Å²) in [7, 11) is 0. The first-order valence-electron chi connectivity index (χ1n) is 12.9. The number of fused-ring (bicyclic) bond motifs is 4. The highest BCUT2D eigenvalue weighted by Gasteiger charge is 2.61. The van der Waals surface area contributed by atoms with E-state index in [1.165, 1.54) is 6.42 Å². The fourth-order valence-corrected chi connectivity index (χ4v) is 6.65. The van der Waals surface area contributed by atoms with Gasteiger partial charge in [-0.2, -0.15) is 0 Å². The first kappa shape index (κ1) is 22.8. The number of hydrogen-bond donors (Lipinski definition) is 2. The molecular weight excluding hydrogens is 444 g/mol. The molecule has 2 bridgehead atoms. The van der Waals surface area contributed by atoms with Crippen LogP contribution in [0.5, 0.6) is 11.5 Å². The molecule has 0 aromatic heterocycles. The number of aromatic hydroxyl groups is 2. The predicted molar refractivity (Wildman–Crippen MR) is 149 cm³/mol. The summed E-state index contributed by atoms with van der Waals surface area (Å²) in [6.45, 7) is 5.29. The minimum atomic E-state index is -0.320. The molecule has 0 radical (unpaired) electrons. The Morgan fingerprint density at radius 1 is 0.806 bits per heavy atom. The van der Waals surface area contributed by atoms with E-state index in [4.69, 9.17) is 9.98 Å². The molecule has 182 valence electrons. The largest absolute Gasteiger partial charge is 0.507 e. The van der Waals surface area contributed by atoms with E-state index in [9.17, 15) is 10.2 Å². The van der Waals surface area contributed by atoms with Gasteiger partial charge in [-0.15, -0.1) is 0 Å². The Morgan fingerprint density at radius 3 is 1.97 bits per heavy atom. The molecule has 3 fully saturated rings. The van der Waals surface area contributed by atoms with Gasteiger partial charge in [0, 0.05) is 34.3 Å². The Morgan fingerprint density at radius 2 is 1.39 bits per heavy atom. The molecule has 3 atom stereocenters. The highest BCUT2D eigenvalue weighted by Crippen LogP contribution is 2.64. The summed E-state index contributed by atoms with van der Waals surface area (Å²) in [6.07, 6.45) is 6.95. The van der Waals surface area contributed by atoms with Gasteiger partial charge in [-0.05, 0) is 59.4 Å². The lowest BCUT2D eigenvalue weighted by molar-refractivity contribution is -0.112. The maximum Gasteiger partial charge on any atom is 0.132 e. The Labute approximate surface area is 212 Å². The summed E-state index contributed by atoms with van der Waals surface area (Å²) < 4.78 is 0. The van der Waals surface area contributed by atoms with Gasteiger partial charge >= 0.3 is 0 Å². The Balaban J connectivity index is 1.34. The number of phenols is 2. The fraction of sp³-hybridized carbons (Fsp3) is 0.312. The van der Waals surface area contributed by atoms with E-state index in [1.54, 1.807) is 6.21 Å². The fourth-order valence-electron chi connectivity index (χ4n) is 6.65. The monoisotopic (exact) mass is 476 g/mol. The molecule has 0 unspecified atom stereocenters. The summed E-state index contributed by atoms with van der Waals surface area (Å²) in [4.78, 5) is 10.1. The molecule has 4 aromatic carbocycles. The van der Waals surface area contributed by atoms with Crippen molar-refractivity contribution in [1.82, 2.24) is 0 Å². The number of phenolic OH excluding ortho intramolecular Hbond substituents is 2. The Hall–Kier alpha value is -3.66. The van der Waals surface area contributed by atoms with Gasteiger partial charge in [-0.25, -0.2) is 0 Å². The second-order valence-electron chi connectivity index (χ2n) is 11.1. The van der Waals surface area contributed by atoms with Crippen LogP contribution in [0.3, 0.4) is 0 Å². The number of benzene rings is 4. The van der Waals surface area contributed by atoms with Crippen LogP contribution >= 0.6 is 0 Å². The van der Waals surface area contributed by atoms with Crippen LogP contribution in [0, 0.1) is 17.3 Å². The van der Waals surface area contributed by atoms with Crippen molar-refractivity contribution in [2.45, 2.75) is 38.6 Å². The lowest BCUT2D eigenvalue weighted by atomic mass is 9.43. The van der Waals surface area contributed by atoms with Crippen LogP contribution in [-0.4, -0.2) is 34.7 Å². The average Bonchev–Trinajstić information content (AvgIpc) is 2.90. The van der Waals surface area contributed by atoms with Gasteiger partial charge in [0.1, 0.15) is 11.5 Å². The van der Waals surface area contributed by atoms with Crippen LogP contribution in [0.2, 0.25) is 0 Å². The second-order valence-corrected chi connectivity index (χ2v) is 11.1. The number of nitrogens with zero attached hydrogens (tertiary/aromatic N) is 2. The van der Waals surface area contributed by atoms with Crippen LogP contribution in [0.4, 0.5) is 0 Å². The van der Waals surface area contributed by atoms with Crippen molar-refractivity contribution in [3.05, 3.63) is 83.9 Å². The lowest BCUT2D eigenvalue weighted by Crippen LogP contribution is -2.61. The molecule has 4 nitrogen and oxygen atoms in total. The highest BCUT2D eigenvalue weighted by atomic mass is 16.3. The lowest BCUT2D eigenvalue weighted by Gasteiger charge is -2.63. The van der Waals surface area contributed by atoms with Crippen molar-refractivity contribution < 1.29 is 10.2 Å². The SMILES string of the molecule is CC1(C)[C@H]2CC[C@](CN=Cc3ccc4ccccc4c3O)(N=Cc3ccc4ccccc4c3O)[C@@H]1C2. The molecule has 36 heavy (non-hydrogen) atoms. The molecule has 0 heterocycles. The molecular formula is C32H32N2O2. The molecule has 4 heteroatoms. The van der Waals surface area contributed by atoms with Crippen LogP contribution < -0.4 is 0 Å².